The summed E-state index contributed by atoms with van der Waals surface area (Å²) in [7, 11) is -3.70. The Hall–Kier alpha value is -1.71. The topological polar surface area (TPSA) is 95.8 Å². The van der Waals surface area contributed by atoms with E-state index in [0.29, 0.717) is 37.4 Å². The standard InChI is InChI=1S/C19H32N4O4S/c1-15(2)22(16(3)4)13-10-20-18-9-8-17(14-19(18)23(24)25)28(26,27)21-11-6-5-7-12-21/h8-9,14-16,20H,5-7,10-13H2,1-4H3. The molecule has 1 aliphatic heterocycles. The number of nitrogens with one attached hydrogen (secondary N) is 1. The van der Waals surface area contributed by atoms with Crippen molar-refractivity contribution in [1.29, 1.82) is 0 Å². The van der Waals surface area contributed by atoms with Crippen molar-refractivity contribution in [3.05, 3.63) is 28.3 Å². The van der Waals surface area contributed by atoms with E-state index in [-0.39, 0.29) is 10.6 Å². The summed E-state index contributed by atoms with van der Waals surface area (Å²) in [5.74, 6) is 0. The molecule has 0 aromatic heterocycles. The fraction of sp³-hybridized carbons (Fsp3) is 0.684. The first-order valence-electron chi connectivity index (χ1n) is 9.92. The van der Waals surface area contributed by atoms with E-state index in [9.17, 15) is 18.5 Å². The lowest BCUT2D eigenvalue weighted by molar-refractivity contribution is -0.384. The van der Waals surface area contributed by atoms with E-state index in [4.69, 9.17) is 0 Å². The molecule has 0 atom stereocenters. The Morgan fingerprint density at radius 2 is 1.75 bits per heavy atom. The number of sulfonamides is 1. The number of piperidine rings is 1. The van der Waals surface area contributed by atoms with E-state index >= 15 is 0 Å². The zero-order valence-electron chi connectivity index (χ0n) is 17.2. The van der Waals surface area contributed by atoms with Gasteiger partial charge in [-0.25, -0.2) is 8.42 Å². The molecule has 0 saturated carbocycles. The summed E-state index contributed by atoms with van der Waals surface area (Å²) >= 11 is 0. The molecule has 0 aliphatic carbocycles. The van der Waals surface area contributed by atoms with Crippen molar-refractivity contribution in [2.45, 2.75) is 63.9 Å². The van der Waals surface area contributed by atoms with Crippen LogP contribution in [0.3, 0.4) is 0 Å². The molecule has 1 aromatic rings. The first-order valence-corrected chi connectivity index (χ1v) is 11.4. The molecule has 0 amide bonds. The van der Waals surface area contributed by atoms with Gasteiger partial charge in [-0.2, -0.15) is 4.31 Å². The molecule has 1 aromatic carbocycles. The number of nitro groups is 1. The second kappa shape index (κ2) is 9.67. The molecule has 28 heavy (non-hydrogen) atoms. The minimum absolute atomic E-state index is 0.0161. The predicted molar refractivity (Wildman–Crippen MR) is 111 cm³/mol. The van der Waals surface area contributed by atoms with Crippen molar-refractivity contribution in [1.82, 2.24) is 9.21 Å². The Labute approximate surface area is 168 Å². The number of hydrogen-bond donors (Lipinski definition) is 1. The SMILES string of the molecule is CC(C)N(CCNc1ccc(S(=O)(=O)N2CCCCC2)cc1[N+](=O)[O-])C(C)C. The van der Waals surface area contributed by atoms with Gasteiger partial charge in [-0.15, -0.1) is 0 Å². The molecule has 1 fully saturated rings. The third-order valence-electron chi connectivity index (χ3n) is 5.13. The highest BCUT2D eigenvalue weighted by atomic mass is 32.2. The Bertz CT molecular complexity index is 766. The number of nitro benzene ring substituents is 1. The van der Waals surface area contributed by atoms with Crippen LogP contribution in [-0.4, -0.2) is 60.8 Å². The summed E-state index contributed by atoms with van der Waals surface area (Å²) in [5.41, 5.74) is 0.133. The second-order valence-electron chi connectivity index (χ2n) is 7.75. The molecule has 9 heteroatoms. The van der Waals surface area contributed by atoms with Crippen molar-refractivity contribution >= 4 is 21.4 Å². The molecule has 0 spiro atoms. The van der Waals surface area contributed by atoms with Gasteiger partial charge in [-0.3, -0.25) is 15.0 Å². The van der Waals surface area contributed by atoms with E-state index < -0.39 is 14.9 Å². The summed E-state index contributed by atoms with van der Waals surface area (Å²) in [6.07, 6.45) is 2.66. The lowest BCUT2D eigenvalue weighted by Crippen LogP contribution is -2.40. The molecule has 1 heterocycles. The smallest absolute Gasteiger partial charge is 0.293 e. The minimum atomic E-state index is -3.70. The lowest BCUT2D eigenvalue weighted by Gasteiger charge is -2.30. The number of rotatable bonds is 9. The fourth-order valence-electron chi connectivity index (χ4n) is 3.66. The molecule has 8 nitrogen and oxygen atoms in total. The summed E-state index contributed by atoms with van der Waals surface area (Å²) < 4.78 is 27.0. The average Bonchev–Trinajstić information content (AvgIpc) is 2.65. The van der Waals surface area contributed by atoms with Gasteiger partial charge >= 0.3 is 0 Å². The third kappa shape index (κ3) is 5.42. The molecular weight excluding hydrogens is 380 g/mol. The first kappa shape index (κ1) is 22.6. The molecule has 1 aliphatic rings. The lowest BCUT2D eigenvalue weighted by atomic mass is 10.2. The molecule has 0 radical (unpaired) electrons. The van der Waals surface area contributed by atoms with E-state index in [1.54, 1.807) is 0 Å². The van der Waals surface area contributed by atoms with Gasteiger partial charge in [0.25, 0.3) is 5.69 Å². The van der Waals surface area contributed by atoms with Gasteiger partial charge in [0, 0.05) is 44.3 Å². The van der Waals surface area contributed by atoms with Crippen LogP contribution in [0.5, 0.6) is 0 Å². The normalized spacial score (nSPS) is 16.1. The van der Waals surface area contributed by atoms with Crippen molar-refractivity contribution in [2.24, 2.45) is 0 Å². The van der Waals surface area contributed by atoms with Crippen LogP contribution in [0.1, 0.15) is 47.0 Å². The van der Waals surface area contributed by atoms with Crippen molar-refractivity contribution < 1.29 is 13.3 Å². The highest BCUT2D eigenvalue weighted by Crippen LogP contribution is 2.30. The van der Waals surface area contributed by atoms with Gasteiger partial charge in [0.05, 0.1) is 9.82 Å². The van der Waals surface area contributed by atoms with Gasteiger partial charge in [-0.1, -0.05) is 6.42 Å². The molecule has 2 rings (SSSR count). The largest absolute Gasteiger partial charge is 0.378 e. The molecule has 0 unspecified atom stereocenters. The average molecular weight is 413 g/mol. The summed E-state index contributed by atoms with van der Waals surface area (Å²) in [6.45, 7) is 10.7. The highest BCUT2D eigenvalue weighted by Gasteiger charge is 2.28. The zero-order valence-corrected chi connectivity index (χ0v) is 18.0. The predicted octanol–water partition coefficient (Wildman–Crippen LogP) is 3.30. The highest BCUT2D eigenvalue weighted by molar-refractivity contribution is 7.89. The van der Waals surface area contributed by atoms with E-state index in [0.717, 1.165) is 25.8 Å². The van der Waals surface area contributed by atoms with Crippen LogP contribution in [-0.2, 0) is 10.0 Å². The number of nitrogens with zero attached hydrogens (tertiary/aromatic N) is 3. The Balaban J connectivity index is 2.17. The quantitative estimate of drug-likeness (QED) is 0.494. The van der Waals surface area contributed by atoms with Gasteiger partial charge in [0.15, 0.2) is 0 Å². The number of hydrogen-bond acceptors (Lipinski definition) is 6. The van der Waals surface area contributed by atoms with Crippen LogP contribution in [0.15, 0.2) is 23.1 Å². The summed E-state index contributed by atoms with van der Waals surface area (Å²) in [6, 6.07) is 4.88. The maximum Gasteiger partial charge on any atom is 0.293 e. The maximum atomic E-state index is 12.8. The fourth-order valence-corrected chi connectivity index (χ4v) is 5.20. The van der Waals surface area contributed by atoms with Crippen LogP contribution in [0, 0.1) is 10.1 Å². The van der Waals surface area contributed by atoms with Crippen molar-refractivity contribution in [3.63, 3.8) is 0 Å². The van der Waals surface area contributed by atoms with Crippen LogP contribution in [0.25, 0.3) is 0 Å². The summed E-state index contributed by atoms with van der Waals surface area (Å²) in [5, 5.41) is 14.6. The van der Waals surface area contributed by atoms with E-state index in [1.165, 1.54) is 22.5 Å². The monoisotopic (exact) mass is 412 g/mol. The molecular formula is C19H32N4O4S. The Morgan fingerprint density at radius 1 is 1.14 bits per heavy atom. The number of benzene rings is 1. The van der Waals surface area contributed by atoms with Crippen LogP contribution in [0.2, 0.25) is 0 Å². The minimum Gasteiger partial charge on any atom is -0.378 e. The zero-order chi connectivity index (χ0) is 20.9. The second-order valence-corrected chi connectivity index (χ2v) is 9.69. The van der Waals surface area contributed by atoms with Gasteiger partial charge in [0.1, 0.15) is 5.69 Å². The van der Waals surface area contributed by atoms with Gasteiger partial charge in [0.2, 0.25) is 10.0 Å². The van der Waals surface area contributed by atoms with Crippen LogP contribution in [0.4, 0.5) is 11.4 Å². The van der Waals surface area contributed by atoms with Crippen molar-refractivity contribution in [3.8, 4) is 0 Å². The Kier molecular flexibility index (Phi) is 7.79. The number of anilines is 1. The third-order valence-corrected chi connectivity index (χ3v) is 7.03. The van der Waals surface area contributed by atoms with Gasteiger partial charge in [-0.05, 0) is 52.7 Å². The molecule has 1 saturated heterocycles. The van der Waals surface area contributed by atoms with E-state index in [2.05, 4.69) is 37.9 Å². The van der Waals surface area contributed by atoms with Gasteiger partial charge < -0.3 is 5.32 Å². The molecule has 0 bridgehead atoms. The molecule has 1 N–H and O–H groups in total. The maximum absolute atomic E-state index is 12.8. The first-order chi connectivity index (χ1) is 13.1. The van der Waals surface area contributed by atoms with Crippen LogP contribution < -0.4 is 5.32 Å². The van der Waals surface area contributed by atoms with E-state index in [1.807, 2.05) is 0 Å². The molecule has 158 valence electrons. The Morgan fingerprint density at radius 3 is 2.29 bits per heavy atom. The van der Waals surface area contributed by atoms with Crippen LogP contribution >= 0.6 is 0 Å². The van der Waals surface area contributed by atoms with Crippen molar-refractivity contribution in [2.75, 3.05) is 31.5 Å². The summed E-state index contributed by atoms with van der Waals surface area (Å²) in [4.78, 5) is 13.3.